The second-order valence-corrected chi connectivity index (χ2v) is 5.72. The minimum atomic E-state index is 0.140. The molecule has 5 heteroatoms. The van der Waals surface area contributed by atoms with Gasteiger partial charge in [0, 0.05) is 44.7 Å². The molecule has 2 atom stereocenters. The number of amides is 1. The summed E-state index contributed by atoms with van der Waals surface area (Å²) in [5.74, 6) is 0.265. The Hall–Kier alpha value is -0.650. The number of rotatable bonds is 5. The third-order valence-electron chi connectivity index (χ3n) is 4.45. The Balaban J connectivity index is 1.84. The van der Waals surface area contributed by atoms with Crippen molar-refractivity contribution in [3.63, 3.8) is 0 Å². The van der Waals surface area contributed by atoms with Gasteiger partial charge in [0.25, 0.3) is 0 Å². The van der Waals surface area contributed by atoms with E-state index in [1.165, 1.54) is 6.42 Å². The zero-order valence-corrected chi connectivity index (χ0v) is 12.0. The number of likely N-dealkylation sites (N-methyl/N-ethyl adjacent to an activating group) is 1. The van der Waals surface area contributed by atoms with Crippen LogP contribution in [0.25, 0.3) is 0 Å². The second-order valence-electron chi connectivity index (χ2n) is 5.72. The molecule has 2 unspecified atom stereocenters. The molecule has 2 rings (SSSR count). The van der Waals surface area contributed by atoms with E-state index in [9.17, 15) is 4.79 Å². The van der Waals surface area contributed by atoms with E-state index < -0.39 is 0 Å². The molecule has 0 aliphatic carbocycles. The van der Waals surface area contributed by atoms with Crippen LogP contribution in [0.4, 0.5) is 0 Å². The van der Waals surface area contributed by atoms with Gasteiger partial charge in [0.2, 0.25) is 5.91 Å². The van der Waals surface area contributed by atoms with Crippen molar-refractivity contribution in [2.75, 3.05) is 39.9 Å². The first-order chi connectivity index (χ1) is 9.22. The van der Waals surface area contributed by atoms with Crippen LogP contribution in [0.1, 0.15) is 32.1 Å². The van der Waals surface area contributed by atoms with Crippen molar-refractivity contribution in [1.82, 2.24) is 9.80 Å². The Morgan fingerprint density at radius 2 is 2.16 bits per heavy atom. The topological polar surface area (TPSA) is 58.8 Å². The lowest BCUT2D eigenvalue weighted by Gasteiger charge is -2.33. The molecule has 2 aliphatic rings. The molecule has 110 valence electrons. The maximum atomic E-state index is 12.3. The van der Waals surface area contributed by atoms with Gasteiger partial charge in [-0.25, -0.2) is 0 Å². The number of hydrogen-bond donors (Lipinski definition) is 1. The minimum absolute atomic E-state index is 0.140. The van der Waals surface area contributed by atoms with Crippen LogP contribution >= 0.6 is 0 Å². The fraction of sp³-hybridized carbons (Fsp3) is 0.929. The number of piperidine rings is 1. The number of likely N-dealkylation sites (tertiary alicyclic amines) is 1. The summed E-state index contributed by atoms with van der Waals surface area (Å²) in [6.07, 6.45) is 5.13. The quantitative estimate of drug-likeness (QED) is 0.786. The summed E-state index contributed by atoms with van der Waals surface area (Å²) in [6.45, 7) is 3.97. The fourth-order valence-corrected chi connectivity index (χ4v) is 3.01. The summed E-state index contributed by atoms with van der Waals surface area (Å²) in [4.78, 5) is 16.5. The van der Waals surface area contributed by atoms with Gasteiger partial charge in [-0.3, -0.25) is 9.69 Å². The predicted molar refractivity (Wildman–Crippen MR) is 74.9 cm³/mol. The number of ether oxygens (including phenoxy) is 1. The number of nitrogens with two attached hydrogens (primary N) is 1. The van der Waals surface area contributed by atoms with Gasteiger partial charge in [-0.15, -0.1) is 0 Å². The van der Waals surface area contributed by atoms with Gasteiger partial charge in [0.05, 0.1) is 6.61 Å². The van der Waals surface area contributed by atoms with Crippen molar-refractivity contribution in [2.24, 2.45) is 5.73 Å². The highest BCUT2D eigenvalue weighted by molar-refractivity contribution is 5.77. The number of hydrogen-bond acceptors (Lipinski definition) is 4. The van der Waals surface area contributed by atoms with Crippen LogP contribution in [-0.2, 0) is 9.53 Å². The lowest BCUT2D eigenvalue weighted by Crippen LogP contribution is -2.48. The van der Waals surface area contributed by atoms with Crippen LogP contribution in [0.2, 0.25) is 0 Å². The normalized spacial score (nSPS) is 25.8. The molecule has 1 amide bonds. The van der Waals surface area contributed by atoms with Crippen molar-refractivity contribution >= 4 is 5.91 Å². The van der Waals surface area contributed by atoms with Gasteiger partial charge in [0.15, 0.2) is 0 Å². The molecular formula is C14H27N3O2. The molecule has 0 radical (unpaired) electrons. The molecule has 2 fully saturated rings. The van der Waals surface area contributed by atoms with Gasteiger partial charge in [-0.1, -0.05) is 0 Å². The van der Waals surface area contributed by atoms with Crippen LogP contribution in [0.3, 0.4) is 0 Å². The van der Waals surface area contributed by atoms with E-state index in [0.717, 1.165) is 45.6 Å². The fourth-order valence-electron chi connectivity index (χ4n) is 3.01. The molecule has 0 aromatic rings. The molecular weight excluding hydrogens is 242 g/mol. The lowest BCUT2D eigenvalue weighted by atomic mass is 10.1. The maximum Gasteiger partial charge on any atom is 0.224 e. The first kappa shape index (κ1) is 14.8. The van der Waals surface area contributed by atoms with Gasteiger partial charge in [0.1, 0.15) is 0 Å². The molecule has 2 saturated heterocycles. The average Bonchev–Trinajstić information content (AvgIpc) is 2.99. The van der Waals surface area contributed by atoms with Gasteiger partial charge in [-0.2, -0.15) is 0 Å². The van der Waals surface area contributed by atoms with Crippen LogP contribution in [0.15, 0.2) is 0 Å². The summed E-state index contributed by atoms with van der Waals surface area (Å²) in [5.41, 5.74) is 5.87. The zero-order valence-electron chi connectivity index (χ0n) is 12.0. The van der Waals surface area contributed by atoms with Gasteiger partial charge < -0.3 is 15.4 Å². The molecule has 2 aliphatic heterocycles. The van der Waals surface area contributed by atoms with E-state index in [1.807, 2.05) is 4.90 Å². The summed E-state index contributed by atoms with van der Waals surface area (Å²) in [7, 11) is 2.07. The van der Waals surface area contributed by atoms with E-state index in [0.29, 0.717) is 19.0 Å². The smallest absolute Gasteiger partial charge is 0.224 e. The maximum absolute atomic E-state index is 12.3. The Morgan fingerprint density at radius 3 is 2.74 bits per heavy atom. The summed E-state index contributed by atoms with van der Waals surface area (Å²) >= 11 is 0. The van der Waals surface area contributed by atoms with E-state index in [1.54, 1.807) is 0 Å². The summed E-state index contributed by atoms with van der Waals surface area (Å²) < 4.78 is 5.42. The molecule has 19 heavy (non-hydrogen) atoms. The molecule has 2 heterocycles. The molecule has 0 aromatic carbocycles. The summed E-state index contributed by atoms with van der Waals surface area (Å²) in [6, 6.07) is 0.559. The zero-order chi connectivity index (χ0) is 13.7. The Morgan fingerprint density at radius 1 is 1.42 bits per heavy atom. The predicted octanol–water partition coefficient (Wildman–Crippen LogP) is 0.437. The number of carbonyl (C=O) groups is 1. The van der Waals surface area contributed by atoms with Crippen molar-refractivity contribution in [2.45, 2.75) is 44.2 Å². The molecule has 0 spiro atoms. The van der Waals surface area contributed by atoms with E-state index in [2.05, 4.69) is 11.9 Å². The van der Waals surface area contributed by atoms with E-state index in [4.69, 9.17) is 10.5 Å². The molecule has 0 bridgehead atoms. The standard InChI is InChI=1S/C14H27N3O2/c1-16(12-5-8-19-11-12)13(10-15)9-14(18)17-6-3-2-4-7-17/h12-13H,2-11,15H2,1H3. The summed E-state index contributed by atoms with van der Waals surface area (Å²) in [5, 5.41) is 0. The van der Waals surface area contributed by atoms with Crippen molar-refractivity contribution in [3.8, 4) is 0 Å². The average molecular weight is 269 g/mol. The Labute approximate surface area is 116 Å². The van der Waals surface area contributed by atoms with Gasteiger partial charge >= 0.3 is 0 Å². The highest BCUT2D eigenvalue weighted by atomic mass is 16.5. The van der Waals surface area contributed by atoms with Crippen LogP contribution in [0, 0.1) is 0 Å². The van der Waals surface area contributed by atoms with Crippen LogP contribution < -0.4 is 5.73 Å². The third-order valence-corrected chi connectivity index (χ3v) is 4.45. The molecule has 5 nitrogen and oxygen atoms in total. The van der Waals surface area contributed by atoms with Crippen molar-refractivity contribution < 1.29 is 9.53 Å². The lowest BCUT2D eigenvalue weighted by molar-refractivity contribution is -0.133. The largest absolute Gasteiger partial charge is 0.380 e. The highest BCUT2D eigenvalue weighted by Gasteiger charge is 2.28. The first-order valence-electron chi connectivity index (χ1n) is 7.50. The van der Waals surface area contributed by atoms with Crippen LogP contribution in [-0.4, -0.2) is 67.7 Å². The Bertz CT molecular complexity index is 286. The Kier molecular flexibility index (Phi) is 5.60. The monoisotopic (exact) mass is 269 g/mol. The third kappa shape index (κ3) is 3.91. The van der Waals surface area contributed by atoms with Crippen LogP contribution in [0.5, 0.6) is 0 Å². The second kappa shape index (κ2) is 7.22. The number of nitrogens with zero attached hydrogens (tertiary/aromatic N) is 2. The SMILES string of the molecule is CN(C1CCOC1)C(CN)CC(=O)N1CCCCC1. The number of carbonyl (C=O) groups excluding carboxylic acids is 1. The molecule has 0 saturated carbocycles. The van der Waals surface area contributed by atoms with Crippen molar-refractivity contribution in [3.05, 3.63) is 0 Å². The van der Waals surface area contributed by atoms with E-state index in [-0.39, 0.29) is 11.9 Å². The first-order valence-corrected chi connectivity index (χ1v) is 7.50. The van der Waals surface area contributed by atoms with Gasteiger partial charge in [-0.05, 0) is 32.7 Å². The van der Waals surface area contributed by atoms with Crippen molar-refractivity contribution in [1.29, 1.82) is 0 Å². The molecule has 2 N–H and O–H groups in total. The minimum Gasteiger partial charge on any atom is -0.380 e. The highest BCUT2D eigenvalue weighted by Crippen LogP contribution is 2.17. The van der Waals surface area contributed by atoms with E-state index >= 15 is 0 Å². The molecule has 0 aromatic heterocycles.